The lowest BCUT2D eigenvalue weighted by molar-refractivity contribution is 0.175. The van der Waals surface area contributed by atoms with Gasteiger partial charge in [-0.1, -0.05) is 6.92 Å². The third-order valence-corrected chi connectivity index (χ3v) is 5.97. The molecular formula is C13H21ClN2O3S. The molecule has 2 rings (SSSR count). The van der Waals surface area contributed by atoms with Gasteiger partial charge in [-0.05, 0) is 44.6 Å². The standard InChI is InChI=1S/C13H21ClN2O3S/c1-3-16-8-6-11(7-9-16)15(2)20(17,18)13-5-4-12(10-14)19-13/h4-5,11H,3,6-10H2,1-2H3. The highest BCUT2D eigenvalue weighted by Gasteiger charge is 2.32. The van der Waals surface area contributed by atoms with Gasteiger partial charge in [0.25, 0.3) is 10.0 Å². The zero-order valence-electron chi connectivity index (χ0n) is 11.9. The molecule has 0 N–H and O–H groups in total. The summed E-state index contributed by atoms with van der Waals surface area (Å²) in [6.45, 7) is 5.01. The maximum Gasteiger partial charge on any atom is 0.276 e. The summed E-state index contributed by atoms with van der Waals surface area (Å²) in [6, 6.07) is 3.12. The molecule has 0 amide bonds. The van der Waals surface area contributed by atoms with Crippen molar-refractivity contribution in [2.75, 3.05) is 26.7 Å². The number of piperidine rings is 1. The molecule has 1 aliphatic rings. The first kappa shape index (κ1) is 15.8. The van der Waals surface area contributed by atoms with Gasteiger partial charge < -0.3 is 9.32 Å². The Morgan fingerprint density at radius 1 is 1.40 bits per heavy atom. The van der Waals surface area contributed by atoms with E-state index < -0.39 is 10.0 Å². The van der Waals surface area contributed by atoms with Gasteiger partial charge in [-0.25, -0.2) is 8.42 Å². The fraction of sp³-hybridized carbons (Fsp3) is 0.692. The van der Waals surface area contributed by atoms with Crippen LogP contribution in [0, 0.1) is 0 Å². The van der Waals surface area contributed by atoms with E-state index in [-0.39, 0.29) is 17.0 Å². The molecule has 5 nitrogen and oxygen atoms in total. The molecule has 0 radical (unpaired) electrons. The van der Waals surface area contributed by atoms with Crippen molar-refractivity contribution in [2.24, 2.45) is 0 Å². The van der Waals surface area contributed by atoms with Gasteiger partial charge in [-0.15, -0.1) is 11.6 Å². The van der Waals surface area contributed by atoms with Crippen molar-refractivity contribution >= 4 is 21.6 Å². The Balaban J connectivity index is 2.09. The highest BCUT2D eigenvalue weighted by molar-refractivity contribution is 7.89. The molecule has 20 heavy (non-hydrogen) atoms. The zero-order valence-corrected chi connectivity index (χ0v) is 13.5. The number of rotatable bonds is 5. The predicted molar refractivity (Wildman–Crippen MR) is 78.3 cm³/mol. The Hall–Kier alpha value is -0.560. The molecule has 1 fully saturated rings. The van der Waals surface area contributed by atoms with Gasteiger partial charge >= 0.3 is 0 Å². The fourth-order valence-corrected chi connectivity index (χ4v) is 3.99. The van der Waals surface area contributed by atoms with E-state index in [0.29, 0.717) is 5.76 Å². The zero-order chi connectivity index (χ0) is 14.8. The van der Waals surface area contributed by atoms with Crippen LogP contribution in [0.3, 0.4) is 0 Å². The molecule has 1 saturated heterocycles. The lowest BCUT2D eigenvalue weighted by Crippen LogP contribution is -2.45. The highest BCUT2D eigenvalue weighted by Crippen LogP contribution is 2.24. The smallest absolute Gasteiger partial charge is 0.276 e. The molecule has 114 valence electrons. The summed E-state index contributed by atoms with van der Waals surface area (Å²) in [5.41, 5.74) is 0. The number of hydrogen-bond donors (Lipinski definition) is 0. The first-order valence-electron chi connectivity index (χ1n) is 6.84. The highest BCUT2D eigenvalue weighted by atomic mass is 35.5. The van der Waals surface area contributed by atoms with Crippen LogP contribution < -0.4 is 0 Å². The normalized spacial score (nSPS) is 18.8. The van der Waals surface area contributed by atoms with E-state index in [1.807, 2.05) is 0 Å². The lowest BCUT2D eigenvalue weighted by Gasteiger charge is -2.35. The van der Waals surface area contributed by atoms with E-state index >= 15 is 0 Å². The van der Waals surface area contributed by atoms with Gasteiger partial charge in [0.15, 0.2) is 0 Å². The van der Waals surface area contributed by atoms with Gasteiger partial charge in [-0.2, -0.15) is 4.31 Å². The number of halogens is 1. The maximum absolute atomic E-state index is 12.5. The van der Waals surface area contributed by atoms with E-state index in [4.69, 9.17) is 16.0 Å². The van der Waals surface area contributed by atoms with Crippen LogP contribution in [-0.4, -0.2) is 50.3 Å². The second-order valence-corrected chi connectivity index (χ2v) is 7.24. The van der Waals surface area contributed by atoms with Crippen molar-refractivity contribution in [3.63, 3.8) is 0 Å². The molecule has 2 heterocycles. The summed E-state index contributed by atoms with van der Waals surface area (Å²) in [4.78, 5) is 2.33. The van der Waals surface area contributed by atoms with Crippen LogP contribution in [0.4, 0.5) is 0 Å². The SMILES string of the molecule is CCN1CCC(N(C)S(=O)(=O)c2ccc(CCl)o2)CC1. The number of alkyl halides is 1. The Morgan fingerprint density at radius 3 is 2.55 bits per heavy atom. The quantitative estimate of drug-likeness (QED) is 0.780. The van der Waals surface area contributed by atoms with Gasteiger partial charge in [0.2, 0.25) is 5.09 Å². The Kier molecular flexibility index (Phi) is 5.12. The number of sulfonamides is 1. The van der Waals surface area contributed by atoms with Gasteiger partial charge in [0.05, 0.1) is 5.88 Å². The van der Waals surface area contributed by atoms with E-state index in [9.17, 15) is 8.42 Å². The third kappa shape index (κ3) is 3.19. The molecule has 1 aromatic rings. The van der Waals surface area contributed by atoms with E-state index in [1.54, 1.807) is 13.1 Å². The number of furan rings is 1. The largest absolute Gasteiger partial charge is 0.447 e. The molecule has 0 spiro atoms. The molecule has 0 atom stereocenters. The molecule has 0 bridgehead atoms. The molecule has 0 aromatic carbocycles. The lowest BCUT2D eigenvalue weighted by atomic mass is 10.1. The molecule has 0 saturated carbocycles. The second-order valence-electron chi connectivity index (χ2n) is 5.04. The molecule has 0 unspecified atom stereocenters. The van der Waals surface area contributed by atoms with E-state index in [0.717, 1.165) is 32.5 Å². The minimum Gasteiger partial charge on any atom is -0.447 e. The minimum absolute atomic E-state index is 0.0198. The first-order valence-corrected chi connectivity index (χ1v) is 8.81. The van der Waals surface area contributed by atoms with Crippen LogP contribution in [0.5, 0.6) is 0 Å². The summed E-state index contributed by atoms with van der Waals surface area (Å²) in [6.07, 6.45) is 1.71. The minimum atomic E-state index is -3.56. The van der Waals surface area contributed by atoms with Crippen LogP contribution in [0.1, 0.15) is 25.5 Å². The second kappa shape index (κ2) is 6.47. The number of hydrogen-bond acceptors (Lipinski definition) is 4. The Bertz CT molecular complexity index is 536. The molecule has 1 aliphatic heterocycles. The predicted octanol–water partition coefficient (Wildman–Crippen LogP) is 2.12. The maximum atomic E-state index is 12.5. The number of likely N-dealkylation sites (tertiary alicyclic amines) is 1. The topological polar surface area (TPSA) is 53.8 Å². The van der Waals surface area contributed by atoms with Crippen molar-refractivity contribution in [2.45, 2.75) is 36.8 Å². The summed E-state index contributed by atoms with van der Waals surface area (Å²) in [5, 5.41) is -0.0198. The van der Waals surface area contributed by atoms with Crippen LogP contribution in [0.15, 0.2) is 21.6 Å². The molecule has 0 aliphatic carbocycles. The van der Waals surface area contributed by atoms with Crippen molar-refractivity contribution in [1.82, 2.24) is 9.21 Å². The van der Waals surface area contributed by atoms with Crippen LogP contribution in [0.25, 0.3) is 0 Å². The van der Waals surface area contributed by atoms with Crippen molar-refractivity contribution in [1.29, 1.82) is 0 Å². The van der Waals surface area contributed by atoms with Crippen LogP contribution >= 0.6 is 11.6 Å². The fourth-order valence-electron chi connectivity index (χ4n) is 2.51. The molecular weight excluding hydrogens is 300 g/mol. The Labute approximate surface area is 125 Å². The average molecular weight is 321 g/mol. The van der Waals surface area contributed by atoms with Gasteiger partial charge in [0.1, 0.15) is 5.76 Å². The average Bonchev–Trinajstić information content (AvgIpc) is 2.96. The van der Waals surface area contributed by atoms with Crippen molar-refractivity contribution in [3.8, 4) is 0 Å². The summed E-state index contributed by atoms with van der Waals surface area (Å²) < 4.78 is 31.7. The molecule has 1 aromatic heterocycles. The summed E-state index contributed by atoms with van der Waals surface area (Å²) in [7, 11) is -1.93. The van der Waals surface area contributed by atoms with Crippen molar-refractivity contribution in [3.05, 3.63) is 17.9 Å². The van der Waals surface area contributed by atoms with Crippen molar-refractivity contribution < 1.29 is 12.8 Å². The van der Waals surface area contributed by atoms with E-state index in [2.05, 4.69) is 11.8 Å². The molecule has 7 heteroatoms. The first-order chi connectivity index (χ1) is 9.48. The van der Waals surface area contributed by atoms with Gasteiger partial charge in [0, 0.05) is 13.1 Å². The third-order valence-electron chi connectivity index (χ3n) is 3.92. The number of nitrogens with zero attached hydrogens (tertiary/aromatic N) is 2. The van der Waals surface area contributed by atoms with Crippen LogP contribution in [0.2, 0.25) is 0 Å². The monoisotopic (exact) mass is 320 g/mol. The van der Waals surface area contributed by atoms with Gasteiger partial charge in [-0.3, -0.25) is 0 Å². The summed E-state index contributed by atoms with van der Waals surface area (Å²) >= 11 is 5.64. The van der Waals surface area contributed by atoms with E-state index in [1.165, 1.54) is 10.4 Å². The Morgan fingerprint density at radius 2 is 2.05 bits per heavy atom. The summed E-state index contributed by atoms with van der Waals surface area (Å²) in [5.74, 6) is 0.646. The van der Waals surface area contributed by atoms with Crippen LogP contribution in [-0.2, 0) is 15.9 Å².